The Morgan fingerprint density at radius 3 is 2.63 bits per heavy atom. The molecule has 0 radical (unpaired) electrons. The quantitative estimate of drug-likeness (QED) is 0.836. The first-order valence-corrected chi connectivity index (χ1v) is 5.51. The second-order valence-corrected chi connectivity index (χ2v) is 3.92. The maximum absolute atomic E-state index is 12.7. The lowest BCUT2D eigenvalue weighted by Gasteiger charge is -2.05. The van der Waals surface area contributed by atoms with Gasteiger partial charge in [0.2, 0.25) is 0 Å². The summed E-state index contributed by atoms with van der Waals surface area (Å²) in [7, 11) is 0. The molecule has 0 saturated heterocycles. The summed E-state index contributed by atoms with van der Waals surface area (Å²) in [5.41, 5.74) is 1.59. The average molecular weight is 255 g/mol. The molecule has 0 aliphatic heterocycles. The SMILES string of the molecule is [C-]#[N+]c1cc(C)nc(C(=O)Nc2ccc(F)cc2)c1. The molecule has 2 rings (SSSR count). The summed E-state index contributed by atoms with van der Waals surface area (Å²) in [5, 5.41) is 2.59. The predicted octanol–water partition coefficient (Wildman–Crippen LogP) is 3.33. The van der Waals surface area contributed by atoms with Crippen molar-refractivity contribution in [3.05, 3.63) is 65.0 Å². The van der Waals surface area contributed by atoms with Crippen LogP contribution in [0.4, 0.5) is 15.8 Å². The molecule has 5 heteroatoms. The van der Waals surface area contributed by atoms with Gasteiger partial charge in [0.15, 0.2) is 5.69 Å². The zero-order chi connectivity index (χ0) is 13.8. The van der Waals surface area contributed by atoms with Gasteiger partial charge in [-0.3, -0.25) is 9.78 Å². The van der Waals surface area contributed by atoms with Crippen molar-refractivity contribution in [2.24, 2.45) is 0 Å². The van der Waals surface area contributed by atoms with Gasteiger partial charge in [0.05, 0.1) is 6.57 Å². The van der Waals surface area contributed by atoms with E-state index in [9.17, 15) is 9.18 Å². The van der Waals surface area contributed by atoms with Crippen LogP contribution < -0.4 is 5.32 Å². The Kier molecular flexibility index (Phi) is 3.53. The van der Waals surface area contributed by atoms with E-state index in [1.165, 1.54) is 30.3 Å². The first-order valence-electron chi connectivity index (χ1n) is 5.51. The summed E-state index contributed by atoms with van der Waals surface area (Å²) < 4.78 is 12.7. The van der Waals surface area contributed by atoms with Gasteiger partial charge in [-0.15, -0.1) is 0 Å². The molecule has 0 bridgehead atoms. The van der Waals surface area contributed by atoms with E-state index in [1.807, 2.05) is 0 Å². The van der Waals surface area contributed by atoms with Crippen molar-refractivity contribution in [1.82, 2.24) is 4.98 Å². The second-order valence-electron chi connectivity index (χ2n) is 3.92. The Balaban J connectivity index is 2.23. The summed E-state index contributed by atoms with van der Waals surface area (Å²) in [4.78, 5) is 19.3. The third-order valence-corrected chi connectivity index (χ3v) is 2.40. The van der Waals surface area contributed by atoms with Gasteiger partial charge < -0.3 is 5.32 Å². The largest absolute Gasteiger partial charge is 0.321 e. The van der Waals surface area contributed by atoms with E-state index in [2.05, 4.69) is 15.1 Å². The first-order chi connectivity index (χ1) is 9.08. The molecule has 94 valence electrons. The number of carbonyl (C=O) groups excluding carboxylic acids is 1. The number of benzene rings is 1. The van der Waals surface area contributed by atoms with Crippen LogP contribution in [0.25, 0.3) is 4.85 Å². The lowest BCUT2D eigenvalue weighted by atomic mass is 10.2. The molecule has 19 heavy (non-hydrogen) atoms. The molecule has 0 atom stereocenters. The zero-order valence-corrected chi connectivity index (χ0v) is 10.1. The summed E-state index contributed by atoms with van der Waals surface area (Å²) in [6, 6.07) is 8.44. The Morgan fingerprint density at radius 2 is 2.00 bits per heavy atom. The highest BCUT2D eigenvalue weighted by Gasteiger charge is 2.09. The van der Waals surface area contributed by atoms with Crippen molar-refractivity contribution in [2.45, 2.75) is 6.92 Å². The summed E-state index contributed by atoms with van der Waals surface area (Å²) >= 11 is 0. The Bertz CT molecular complexity index is 659. The van der Waals surface area contributed by atoms with E-state index in [4.69, 9.17) is 6.57 Å². The normalized spacial score (nSPS) is 9.74. The van der Waals surface area contributed by atoms with Crippen LogP contribution in [0.1, 0.15) is 16.2 Å². The molecular weight excluding hydrogens is 245 g/mol. The highest BCUT2D eigenvalue weighted by atomic mass is 19.1. The van der Waals surface area contributed by atoms with Crippen molar-refractivity contribution in [3.8, 4) is 0 Å². The fourth-order valence-corrected chi connectivity index (χ4v) is 1.56. The van der Waals surface area contributed by atoms with E-state index >= 15 is 0 Å². The molecule has 1 aromatic heterocycles. The highest BCUT2D eigenvalue weighted by Crippen LogP contribution is 2.16. The summed E-state index contributed by atoms with van der Waals surface area (Å²) in [6.45, 7) is 8.66. The fourth-order valence-electron chi connectivity index (χ4n) is 1.56. The third kappa shape index (κ3) is 3.13. The first kappa shape index (κ1) is 12.7. The number of halogens is 1. The van der Waals surface area contributed by atoms with Gasteiger partial charge in [-0.1, -0.05) is 0 Å². The molecule has 1 amide bonds. The average Bonchev–Trinajstić information content (AvgIpc) is 2.40. The van der Waals surface area contributed by atoms with Gasteiger partial charge in [0.1, 0.15) is 11.5 Å². The lowest BCUT2D eigenvalue weighted by Crippen LogP contribution is -2.13. The molecule has 1 heterocycles. The van der Waals surface area contributed by atoms with Crippen LogP contribution in [-0.4, -0.2) is 10.9 Å². The van der Waals surface area contributed by atoms with Crippen LogP contribution in [0.3, 0.4) is 0 Å². The molecule has 2 aromatic rings. The smallest absolute Gasteiger partial charge is 0.272 e. The summed E-state index contributed by atoms with van der Waals surface area (Å²) in [5.74, 6) is -0.804. The van der Waals surface area contributed by atoms with E-state index in [1.54, 1.807) is 13.0 Å². The molecule has 0 saturated carbocycles. The molecule has 0 aliphatic carbocycles. The van der Waals surface area contributed by atoms with Crippen LogP contribution in [0.5, 0.6) is 0 Å². The van der Waals surface area contributed by atoms with Gasteiger partial charge in [0.25, 0.3) is 5.91 Å². The Morgan fingerprint density at radius 1 is 1.32 bits per heavy atom. The summed E-state index contributed by atoms with van der Waals surface area (Å²) in [6.07, 6.45) is 0. The number of rotatable bonds is 2. The van der Waals surface area contributed by atoms with Gasteiger partial charge in [-0.05, 0) is 43.3 Å². The zero-order valence-electron chi connectivity index (χ0n) is 10.1. The molecular formula is C14H10FN3O. The fraction of sp³-hybridized carbons (Fsp3) is 0.0714. The molecule has 0 spiro atoms. The number of nitrogens with zero attached hydrogens (tertiary/aromatic N) is 2. The molecule has 4 nitrogen and oxygen atoms in total. The minimum absolute atomic E-state index is 0.162. The second kappa shape index (κ2) is 5.27. The van der Waals surface area contributed by atoms with E-state index in [-0.39, 0.29) is 11.5 Å². The molecule has 0 unspecified atom stereocenters. The van der Waals surface area contributed by atoms with Crippen LogP contribution >= 0.6 is 0 Å². The van der Waals surface area contributed by atoms with Crippen molar-refractivity contribution in [2.75, 3.05) is 5.32 Å². The lowest BCUT2D eigenvalue weighted by molar-refractivity contribution is 0.102. The molecule has 1 N–H and O–H groups in total. The Labute approximate surface area is 109 Å². The number of anilines is 1. The molecule has 1 aromatic carbocycles. The van der Waals surface area contributed by atoms with Crippen LogP contribution in [0, 0.1) is 19.3 Å². The highest BCUT2D eigenvalue weighted by molar-refractivity contribution is 6.03. The number of aryl methyl sites for hydroxylation is 1. The third-order valence-electron chi connectivity index (χ3n) is 2.40. The van der Waals surface area contributed by atoms with E-state index < -0.39 is 5.91 Å². The van der Waals surface area contributed by atoms with Crippen molar-refractivity contribution in [3.63, 3.8) is 0 Å². The number of pyridine rings is 1. The minimum Gasteiger partial charge on any atom is -0.321 e. The maximum Gasteiger partial charge on any atom is 0.272 e. The molecule has 0 fully saturated rings. The maximum atomic E-state index is 12.7. The number of hydrogen-bond acceptors (Lipinski definition) is 2. The number of aromatic nitrogens is 1. The van der Waals surface area contributed by atoms with Crippen molar-refractivity contribution >= 4 is 17.3 Å². The standard InChI is InChI=1S/C14H10FN3O/c1-9-7-12(16-2)8-13(17-9)14(19)18-11-5-3-10(15)4-6-11/h3-8H,1H3,(H,18,19). The number of amides is 1. The number of carbonyl (C=O) groups is 1. The van der Waals surface area contributed by atoms with E-state index in [0.717, 1.165) is 0 Å². The number of hydrogen-bond donors (Lipinski definition) is 1. The van der Waals surface area contributed by atoms with Crippen LogP contribution in [0.15, 0.2) is 36.4 Å². The van der Waals surface area contributed by atoms with Gasteiger partial charge in [0, 0.05) is 11.4 Å². The van der Waals surface area contributed by atoms with E-state index in [0.29, 0.717) is 17.1 Å². The van der Waals surface area contributed by atoms with Crippen LogP contribution in [0.2, 0.25) is 0 Å². The van der Waals surface area contributed by atoms with Gasteiger partial charge in [-0.2, -0.15) is 0 Å². The monoisotopic (exact) mass is 255 g/mol. The Hall–Kier alpha value is -2.74. The molecule has 0 aliphatic rings. The van der Waals surface area contributed by atoms with Gasteiger partial charge >= 0.3 is 0 Å². The topological polar surface area (TPSA) is 46.4 Å². The van der Waals surface area contributed by atoms with Gasteiger partial charge in [-0.25, -0.2) is 9.24 Å². The van der Waals surface area contributed by atoms with Crippen molar-refractivity contribution in [1.29, 1.82) is 0 Å². The van der Waals surface area contributed by atoms with Crippen molar-refractivity contribution < 1.29 is 9.18 Å². The predicted molar refractivity (Wildman–Crippen MR) is 69.6 cm³/mol. The minimum atomic E-state index is -0.430. The van der Waals surface area contributed by atoms with Crippen LogP contribution in [-0.2, 0) is 0 Å². The number of nitrogens with one attached hydrogen (secondary N) is 1.